The van der Waals surface area contributed by atoms with E-state index in [2.05, 4.69) is 0 Å². The minimum absolute atomic E-state index is 0.173. The Bertz CT molecular complexity index is 801. The van der Waals surface area contributed by atoms with Crippen LogP contribution < -0.4 is 0 Å². The summed E-state index contributed by atoms with van der Waals surface area (Å²) >= 11 is 0. The van der Waals surface area contributed by atoms with E-state index in [1.807, 2.05) is 13.8 Å². The molecule has 1 aliphatic heterocycles. The fourth-order valence-electron chi connectivity index (χ4n) is 3.48. The van der Waals surface area contributed by atoms with Gasteiger partial charge in [-0.25, -0.2) is 4.39 Å². The number of carboxylic acid groups (broad SMARTS) is 1. The van der Waals surface area contributed by atoms with Crippen molar-refractivity contribution in [2.75, 3.05) is 6.54 Å². The normalized spacial score (nSPS) is 19.8. The highest BCUT2D eigenvalue weighted by molar-refractivity contribution is 6.00. The van der Waals surface area contributed by atoms with Crippen LogP contribution in [0.3, 0.4) is 0 Å². The first kappa shape index (κ1) is 17.1. The van der Waals surface area contributed by atoms with Gasteiger partial charge in [0.15, 0.2) is 0 Å². The van der Waals surface area contributed by atoms with Gasteiger partial charge in [-0.15, -0.1) is 0 Å². The molecule has 0 aromatic heterocycles. The molecule has 1 aliphatic rings. The number of rotatable bonds is 4. The Morgan fingerprint density at radius 1 is 1.16 bits per heavy atom. The summed E-state index contributed by atoms with van der Waals surface area (Å²) in [6, 6.07) is 11.9. The minimum atomic E-state index is -0.997. The van der Waals surface area contributed by atoms with Gasteiger partial charge in [0.25, 0.3) is 5.91 Å². The maximum absolute atomic E-state index is 13.3. The maximum atomic E-state index is 13.3. The Balaban J connectivity index is 2.20. The second-order valence-electron chi connectivity index (χ2n) is 6.75. The third-order valence-corrected chi connectivity index (χ3v) is 4.48. The Morgan fingerprint density at radius 2 is 1.80 bits per heavy atom. The van der Waals surface area contributed by atoms with Gasteiger partial charge >= 0.3 is 5.97 Å². The first-order valence-corrected chi connectivity index (χ1v) is 8.28. The number of aliphatic carboxylic acids is 1. The maximum Gasteiger partial charge on any atom is 0.313 e. The standard InChI is InChI=1S/C20H20FNO3/c1-12(2)11-22-18(13-7-9-14(21)10-8-13)17(20(24)25)15-5-3-4-6-16(15)19(22)23/h3-10,12,17-18H,11H2,1-2H3,(H,24,25). The highest BCUT2D eigenvalue weighted by Crippen LogP contribution is 2.43. The van der Waals surface area contributed by atoms with Crippen molar-refractivity contribution in [1.29, 1.82) is 0 Å². The number of carboxylic acids is 1. The molecule has 0 aliphatic carbocycles. The minimum Gasteiger partial charge on any atom is -0.481 e. The van der Waals surface area contributed by atoms with Crippen molar-refractivity contribution >= 4 is 11.9 Å². The van der Waals surface area contributed by atoms with Crippen molar-refractivity contribution in [2.45, 2.75) is 25.8 Å². The van der Waals surface area contributed by atoms with Crippen molar-refractivity contribution in [3.63, 3.8) is 0 Å². The molecular formula is C20H20FNO3. The van der Waals surface area contributed by atoms with Crippen LogP contribution in [-0.2, 0) is 4.79 Å². The molecule has 1 N–H and O–H groups in total. The van der Waals surface area contributed by atoms with Crippen LogP contribution in [-0.4, -0.2) is 28.4 Å². The lowest BCUT2D eigenvalue weighted by Crippen LogP contribution is -2.46. The van der Waals surface area contributed by atoms with Crippen LogP contribution in [0.15, 0.2) is 48.5 Å². The molecule has 4 nitrogen and oxygen atoms in total. The molecule has 5 heteroatoms. The molecule has 2 unspecified atom stereocenters. The Hall–Kier alpha value is -2.69. The average Bonchev–Trinajstić information content (AvgIpc) is 2.57. The first-order valence-electron chi connectivity index (χ1n) is 8.28. The summed E-state index contributed by atoms with van der Waals surface area (Å²) in [6.07, 6.45) is 0. The molecule has 0 spiro atoms. The molecular weight excluding hydrogens is 321 g/mol. The topological polar surface area (TPSA) is 57.6 Å². The van der Waals surface area contributed by atoms with Crippen LogP contribution in [0.1, 0.15) is 47.3 Å². The number of fused-ring (bicyclic) bond motifs is 1. The number of hydrogen-bond acceptors (Lipinski definition) is 2. The van der Waals surface area contributed by atoms with Crippen LogP contribution in [0, 0.1) is 11.7 Å². The van der Waals surface area contributed by atoms with E-state index in [4.69, 9.17) is 0 Å². The number of hydrogen-bond donors (Lipinski definition) is 1. The van der Waals surface area contributed by atoms with Gasteiger partial charge in [0, 0.05) is 12.1 Å². The molecule has 1 heterocycles. The van der Waals surface area contributed by atoms with E-state index in [-0.39, 0.29) is 11.8 Å². The van der Waals surface area contributed by atoms with Crippen molar-refractivity contribution in [3.05, 3.63) is 71.0 Å². The lowest BCUT2D eigenvalue weighted by Gasteiger charge is -2.41. The van der Waals surface area contributed by atoms with E-state index in [1.54, 1.807) is 41.3 Å². The van der Waals surface area contributed by atoms with E-state index in [0.29, 0.717) is 23.2 Å². The number of benzene rings is 2. The molecule has 3 rings (SSSR count). The Labute approximate surface area is 145 Å². The van der Waals surface area contributed by atoms with Gasteiger partial charge in [0.1, 0.15) is 11.7 Å². The third kappa shape index (κ3) is 3.14. The van der Waals surface area contributed by atoms with Crippen molar-refractivity contribution in [1.82, 2.24) is 4.90 Å². The zero-order valence-corrected chi connectivity index (χ0v) is 14.1. The second kappa shape index (κ2) is 6.67. The molecule has 0 bridgehead atoms. The number of amides is 1. The van der Waals surface area contributed by atoms with Crippen molar-refractivity contribution in [3.8, 4) is 0 Å². The highest BCUT2D eigenvalue weighted by Gasteiger charge is 2.44. The SMILES string of the molecule is CC(C)CN1C(=O)c2ccccc2C(C(=O)O)C1c1ccc(F)cc1. The van der Waals surface area contributed by atoms with E-state index in [0.717, 1.165) is 0 Å². The van der Waals surface area contributed by atoms with Crippen LogP contribution in [0.5, 0.6) is 0 Å². The number of carbonyl (C=O) groups excluding carboxylic acids is 1. The molecule has 0 saturated carbocycles. The predicted octanol–water partition coefficient (Wildman–Crippen LogP) is 3.85. The first-order chi connectivity index (χ1) is 11.9. The molecule has 1 amide bonds. The van der Waals surface area contributed by atoms with Crippen LogP contribution >= 0.6 is 0 Å². The van der Waals surface area contributed by atoms with Crippen molar-refractivity contribution < 1.29 is 19.1 Å². The van der Waals surface area contributed by atoms with Crippen LogP contribution in [0.4, 0.5) is 4.39 Å². The van der Waals surface area contributed by atoms with Crippen molar-refractivity contribution in [2.24, 2.45) is 5.92 Å². The summed E-state index contributed by atoms with van der Waals surface area (Å²) in [6.45, 7) is 4.38. The summed E-state index contributed by atoms with van der Waals surface area (Å²) in [5.74, 6) is -2.29. The smallest absolute Gasteiger partial charge is 0.313 e. The molecule has 0 fully saturated rings. The summed E-state index contributed by atoms with van der Waals surface area (Å²) < 4.78 is 13.3. The fourth-order valence-corrected chi connectivity index (χ4v) is 3.48. The zero-order chi connectivity index (χ0) is 18.1. The Kier molecular flexibility index (Phi) is 4.57. The van der Waals surface area contributed by atoms with Gasteiger partial charge < -0.3 is 10.0 Å². The quantitative estimate of drug-likeness (QED) is 0.919. The third-order valence-electron chi connectivity index (χ3n) is 4.48. The van der Waals surface area contributed by atoms with E-state index in [1.165, 1.54) is 12.1 Å². The molecule has 2 aromatic carbocycles. The fraction of sp³-hybridized carbons (Fsp3) is 0.300. The Morgan fingerprint density at radius 3 is 2.40 bits per heavy atom. The molecule has 0 radical (unpaired) electrons. The van der Waals surface area contributed by atoms with Gasteiger partial charge in [0.2, 0.25) is 0 Å². The number of nitrogens with zero attached hydrogens (tertiary/aromatic N) is 1. The van der Waals surface area contributed by atoms with Gasteiger partial charge in [-0.2, -0.15) is 0 Å². The molecule has 130 valence electrons. The van der Waals surface area contributed by atoms with E-state index < -0.39 is 23.7 Å². The largest absolute Gasteiger partial charge is 0.481 e. The molecule has 2 aromatic rings. The monoisotopic (exact) mass is 341 g/mol. The van der Waals surface area contributed by atoms with Crippen LogP contribution in [0.2, 0.25) is 0 Å². The van der Waals surface area contributed by atoms with E-state index >= 15 is 0 Å². The van der Waals surface area contributed by atoms with Gasteiger partial charge in [0.05, 0.1) is 6.04 Å². The van der Waals surface area contributed by atoms with Crippen LogP contribution in [0.25, 0.3) is 0 Å². The number of halogens is 1. The zero-order valence-electron chi connectivity index (χ0n) is 14.1. The van der Waals surface area contributed by atoms with Gasteiger partial charge in [-0.1, -0.05) is 44.2 Å². The molecule has 2 atom stereocenters. The summed E-state index contributed by atoms with van der Waals surface area (Å²) in [5, 5.41) is 9.90. The molecule has 0 saturated heterocycles. The number of carbonyl (C=O) groups is 2. The second-order valence-corrected chi connectivity index (χ2v) is 6.75. The van der Waals surface area contributed by atoms with Gasteiger partial charge in [-0.05, 0) is 35.2 Å². The van der Waals surface area contributed by atoms with E-state index in [9.17, 15) is 19.1 Å². The highest BCUT2D eigenvalue weighted by atomic mass is 19.1. The summed E-state index contributed by atoms with van der Waals surface area (Å²) in [4.78, 5) is 26.7. The lowest BCUT2D eigenvalue weighted by atomic mass is 9.79. The summed E-state index contributed by atoms with van der Waals surface area (Å²) in [5.41, 5.74) is 1.56. The summed E-state index contributed by atoms with van der Waals surface area (Å²) in [7, 11) is 0. The molecule has 25 heavy (non-hydrogen) atoms. The average molecular weight is 341 g/mol. The van der Waals surface area contributed by atoms with Gasteiger partial charge in [-0.3, -0.25) is 9.59 Å². The predicted molar refractivity (Wildman–Crippen MR) is 91.8 cm³/mol. The lowest BCUT2D eigenvalue weighted by molar-refractivity contribution is -0.140.